The minimum Gasteiger partial charge on any atom is -0.486 e. The van der Waals surface area contributed by atoms with E-state index in [9.17, 15) is 9.59 Å². The second-order valence-corrected chi connectivity index (χ2v) is 12.3. The third kappa shape index (κ3) is 6.74. The fourth-order valence-corrected chi connectivity index (χ4v) is 5.76. The molecule has 0 saturated carbocycles. The zero-order chi connectivity index (χ0) is 29.0. The molecule has 0 bridgehead atoms. The van der Waals surface area contributed by atoms with Crippen molar-refractivity contribution in [3.63, 3.8) is 0 Å². The van der Waals surface area contributed by atoms with Crippen LogP contribution in [0.4, 0.5) is 5.00 Å². The number of carbonyl (C=O) groups excluding carboxylic acids is 2. The van der Waals surface area contributed by atoms with E-state index in [2.05, 4.69) is 48.4 Å². The largest absolute Gasteiger partial charge is 0.486 e. The molecule has 8 nitrogen and oxygen atoms in total. The smallest absolute Gasteiger partial charge is 0.341 e. The maximum atomic E-state index is 12.9. The summed E-state index contributed by atoms with van der Waals surface area (Å²) in [5, 5.41) is 14.3. The van der Waals surface area contributed by atoms with Crippen molar-refractivity contribution in [1.82, 2.24) is 14.8 Å². The van der Waals surface area contributed by atoms with Crippen LogP contribution in [0.2, 0.25) is 0 Å². The summed E-state index contributed by atoms with van der Waals surface area (Å²) >= 11 is 2.56. The third-order valence-electron chi connectivity index (χ3n) is 6.46. The van der Waals surface area contributed by atoms with Crippen molar-refractivity contribution in [2.24, 2.45) is 7.05 Å². The Kier molecular flexibility index (Phi) is 9.00. The van der Waals surface area contributed by atoms with Crippen LogP contribution in [0.5, 0.6) is 5.75 Å². The third-order valence-corrected chi connectivity index (χ3v) is 8.38. The molecule has 0 fully saturated rings. The number of thioether (sulfide) groups is 1. The molecule has 0 spiro atoms. The summed E-state index contributed by atoms with van der Waals surface area (Å²) in [6.07, 6.45) is 0. The Morgan fingerprint density at radius 3 is 2.45 bits per heavy atom. The van der Waals surface area contributed by atoms with E-state index in [0.29, 0.717) is 21.5 Å². The van der Waals surface area contributed by atoms with Crippen molar-refractivity contribution in [2.45, 2.75) is 51.8 Å². The van der Waals surface area contributed by atoms with Crippen molar-refractivity contribution >= 4 is 40.0 Å². The van der Waals surface area contributed by atoms with E-state index in [1.807, 2.05) is 61.2 Å². The Bertz CT molecular complexity index is 1520. The van der Waals surface area contributed by atoms with E-state index in [0.717, 1.165) is 28.0 Å². The lowest BCUT2D eigenvalue weighted by atomic mass is 9.87. The lowest BCUT2D eigenvalue weighted by Crippen LogP contribution is -2.16. The first kappa shape index (κ1) is 29.4. The van der Waals surface area contributed by atoms with Crippen LogP contribution in [0, 0.1) is 13.8 Å². The van der Waals surface area contributed by atoms with Gasteiger partial charge < -0.3 is 19.4 Å². The molecule has 4 aromatic rings. The Balaban J connectivity index is 1.39. The first-order valence-electron chi connectivity index (χ1n) is 12.8. The van der Waals surface area contributed by atoms with Crippen molar-refractivity contribution in [2.75, 3.05) is 18.2 Å². The van der Waals surface area contributed by atoms with E-state index in [1.54, 1.807) is 0 Å². The molecule has 0 aliphatic rings. The van der Waals surface area contributed by atoms with Gasteiger partial charge in [0.2, 0.25) is 5.91 Å². The van der Waals surface area contributed by atoms with Crippen molar-refractivity contribution in [3.05, 3.63) is 75.9 Å². The van der Waals surface area contributed by atoms with Gasteiger partial charge in [0.05, 0.1) is 12.9 Å². The Hall–Kier alpha value is -3.63. The molecule has 10 heteroatoms. The van der Waals surface area contributed by atoms with E-state index in [4.69, 9.17) is 9.47 Å². The topological polar surface area (TPSA) is 95.3 Å². The average molecular weight is 579 g/mol. The Morgan fingerprint density at radius 2 is 1.77 bits per heavy atom. The quantitative estimate of drug-likeness (QED) is 0.178. The van der Waals surface area contributed by atoms with Gasteiger partial charge in [-0.2, -0.15) is 0 Å². The minimum absolute atomic E-state index is 0.0767. The molecule has 1 amide bonds. The SMILES string of the molecule is COC(=O)c1c(-c2cc(C)ccc2C)csc1NC(=O)CSc1nnc(COc2ccc(C(C)(C)C)cc2)n1C. The van der Waals surface area contributed by atoms with Crippen LogP contribution in [-0.2, 0) is 28.6 Å². The minimum atomic E-state index is -0.494. The van der Waals surface area contributed by atoms with E-state index >= 15 is 0 Å². The van der Waals surface area contributed by atoms with Crippen molar-refractivity contribution < 1.29 is 19.1 Å². The number of nitrogens with one attached hydrogen (secondary N) is 1. The van der Waals surface area contributed by atoms with Crippen LogP contribution in [-0.4, -0.2) is 39.5 Å². The van der Waals surface area contributed by atoms with Gasteiger partial charge in [-0.25, -0.2) is 4.79 Å². The normalized spacial score (nSPS) is 11.4. The molecule has 2 aromatic heterocycles. The molecule has 0 saturated heterocycles. The number of esters is 1. The summed E-state index contributed by atoms with van der Waals surface area (Å²) in [5.41, 5.74) is 5.46. The molecular weight excluding hydrogens is 544 g/mol. The van der Waals surface area contributed by atoms with Gasteiger partial charge in [0.15, 0.2) is 11.0 Å². The monoisotopic (exact) mass is 578 g/mol. The molecule has 210 valence electrons. The van der Waals surface area contributed by atoms with Gasteiger partial charge >= 0.3 is 5.97 Å². The Labute approximate surface area is 243 Å². The van der Waals surface area contributed by atoms with Gasteiger partial charge in [-0.05, 0) is 48.1 Å². The number of hydrogen-bond donors (Lipinski definition) is 1. The lowest BCUT2D eigenvalue weighted by Gasteiger charge is -2.19. The molecule has 0 radical (unpaired) electrons. The fraction of sp³-hybridized carbons (Fsp3) is 0.333. The highest BCUT2D eigenvalue weighted by Crippen LogP contribution is 2.38. The molecule has 0 aliphatic carbocycles. The van der Waals surface area contributed by atoms with E-state index < -0.39 is 5.97 Å². The maximum absolute atomic E-state index is 12.9. The fourth-order valence-electron chi connectivity index (χ4n) is 4.07. The van der Waals surface area contributed by atoms with Crippen molar-refractivity contribution in [1.29, 1.82) is 0 Å². The standard InChI is InChI=1S/C30H34N4O4S2/c1-18-8-9-19(2)22(14-18)23-16-39-27(26(23)28(36)37-7)31-25(35)17-40-29-33-32-24(34(29)6)15-38-21-12-10-20(11-13-21)30(3,4)5/h8-14,16H,15,17H2,1-7H3,(H,31,35). The molecule has 4 rings (SSSR count). The van der Waals surface area contributed by atoms with Crippen LogP contribution in [0.1, 0.15) is 53.6 Å². The van der Waals surface area contributed by atoms with Crippen LogP contribution < -0.4 is 10.1 Å². The van der Waals surface area contributed by atoms with Gasteiger partial charge in [0.1, 0.15) is 22.9 Å². The van der Waals surface area contributed by atoms with Crippen LogP contribution >= 0.6 is 23.1 Å². The summed E-state index contributed by atoms with van der Waals surface area (Å²) in [6.45, 7) is 10.8. The molecule has 0 atom stereocenters. The number of methoxy groups -OCH3 is 1. The highest BCUT2D eigenvalue weighted by Gasteiger charge is 2.24. The summed E-state index contributed by atoms with van der Waals surface area (Å²) in [7, 11) is 3.18. The van der Waals surface area contributed by atoms with Gasteiger partial charge in [-0.1, -0.05) is 68.4 Å². The highest BCUT2D eigenvalue weighted by atomic mass is 32.2. The molecule has 2 aromatic carbocycles. The molecule has 1 N–H and O–H groups in total. The molecule has 0 aliphatic heterocycles. The number of hydrogen-bond acceptors (Lipinski definition) is 8. The number of thiophene rings is 1. The highest BCUT2D eigenvalue weighted by molar-refractivity contribution is 7.99. The zero-order valence-corrected chi connectivity index (χ0v) is 25.5. The number of ether oxygens (including phenoxy) is 2. The number of aryl methyl sites for hydroxylation is 2. The van der Waals surface area contributed by atoms with Crippen LogP contribution in [0.3, 0.4) is 0 Å². The second-order valence-electron chi connectivity index (χ2n) is 10.5. The first-order valence-corrected chi connectivity index (χ1v) is 14.7. The first-order chi connectivity index (χ1) is 19.0. The number of aromatic nitrogens is 3. The van der Waals surface area contributed by atoms with Crippen molar-refractivity contribution in [3.8, 4) is 16.9 Å². The predicted octanol–water partition coefficient (Wildman–Crippen LogP) is 6.55. The lowest BCUT2D eigenvalue weighted by molar-refractivity contribution is -0.113. The summed E-state index contributed by atoms with van der Waals surface area (Å²) in [4.78, 5) is 25.6. The molecule has 0 unspecified atom stereocenters. The van der Waals surface area contributed by atoms with E-state index in [1.165, 1.54) is 35.8 Å². The molecular formula is C30H34N4O4S2. The number of rotatable bonds is 9. The predicted molar refractivity (Wildman–Crippen MR) is 160 cm³/mol. The van der Waals surface area contributed by atoms with Crippen LogP contribution in [0.15, 0.2) is 53.0 Å². The Morgan fingerprint density at radius 1 is 1.05 bits per heavy atom. The van der Waals surface area contributed by atoms with E-state index in [-0.39, 0.29) is 23.7 Å². The number of nitrogens with zero attached hydrogens (tertiary/aromatic N) is 3. The number of benzene rings is 2. The summed E-state index contributed by atoms with van der Waals surface area (Å²) in [6, 6.07) is 14.1. The van der Waals surface area contributed by atoms with Gasteiger partial charge in [-0.15, -0.1) is 21.5 Å². The molecule has 2 heterocycles. The number of anilines is 1. The zero-order valence-electron chi connectivity index (χ0n) is 23.8. The van der Waals surface area contributed by atoms with Gasteiger partial charge in [-0.3, -0.25) is 4.79 Å². The molecule has 40 heavy (non-hydrogen) atoms. The maximum Gasteiger partial charge on any atom is 0.341 e. The summed E-state index contributed by atoms with van der Waals surface area (Å²) in [5.74, 6) is 0.739. The van der Waals surface area contributed by atoms with Gasteiger partial charge in [0, 0.05) is 18.0 Å². The summed E-state index contributed by atoms with van der Waals surface area (Å²) < 4.78 is 12.8. The average Bonchev–Trinajstić information content (AvgIpc) is 3.49. The number of carbonyl (C=O) groups is 2. The second kappa shape index (κ2) is 12.3. The number of amides is 1. The van der Waals surface area contributed by atoms with Crippen LogP contribution in [0.25, 0.3) is 11.1 Å². The van der Waals surface area contributed by atoms with Gasteiger partial charge in [0.25, 0.3) is 0 Å².